The van der Waals surface area contributed by atoms with Gasteiger partial charge in [-0.05, 0) is 44.5 Å². The van der Waals surface area contributed by atoms with Gasteiger partial charge in [-0.15, -0.1) is 11.3 Å². The molecule has 0 aliphatic rings. The Labute approximate surface area is 187 Å². The van der Waals surface area contributed by atoms with Crippen molar-refractivity contribution >= 4 is 51.4 Å². The Hall–Kier alpha value is -2.73. The molecule has 9 heteroatoms. The Morgan fingerprint density at radius 1 is 1.23 bits per heavy atom. The van der Waals surface area contributed by atoms with Crippen molar-refractivity contribution in [3.8, 4) is 17.3 Å². The van der Waals surface area contributed by atoms with Crippen LogP contribution in [-0.2, 0) is 4.79 Å². The van der Waals surface area contributed by atoms with Gasteiger partial charge in [0.15, 0.2) is 10.9 Å². The number of rotatable bonds is 6. The number of nitrogens with zero attached hydrogens (tertiary/aromatic N) is 3. The number of thiophene rings is 1. The van der Waals surface area contributed by atoms with Gasteiger partial charge in [0.25, 0.3) is 0 Å². The van der Waals surface area contributed by atoms with Gasteiger partial charge in [0.05, 0.1) is 21.9 Å². The third-order valence-corrected chi connectivity index (χ3v) is 6.54. The molecule has 0 radical (unpaired) electrons. The molecule has 0 saturated heterocycles. The van der Waals surface area contributed by atoms with E-state index in [0.29, 0.717) is 31.2 Å². The average molecular weight is 457 g/mol. The molecule has 0 aliphatic heterocycles. The van der Waals surface area contributed by atoms with Gasteiger partial charge in [0.1, 0.15) is 11.1 Å². The van der Waals surface area contributed by atoms with Crippen molar-refractivity contribution in [1.29, 1.82) is 5.26 Å². The van der Waals surface area contributed by atoms with Gasteiger partial charge in [0.2, 0.25) is 5.91 Å². The first-order valence-corrected chi connectivity index (χ1v) is 11.0. The zero-order valence-corrected chi connectivity index (χ0v) is 18.8. The number of aromatic nitrogens is 2. The third-order valence-electron chi connectivity index (χ3n) is 4.14. The van der Waals surface area contributed by atoms with E-state index >= 15 is 0 Å². The molecule has 0 bridgehead atoms. The van der Waals surface area contributed by atoms with Crippen molar-refractivity contribution in [2.24, 2.45) is 0 Å². The summed E-state index contributed by atoms with van der Waals surface area (Å²) in [6.07, 6.45) is 0. The van der Waals surface area contributed by atoms with Gasteiger partial charge in [-0.3, -0.25) is 9.59 Å². The smallest absolute Gasteiger partial charge is 0.235 e. The molecule has 0 fully saturated rings. The first-order chi connectivity index (χ1) is 14.3. The number of hydrogen-bond donors (Lipinski definition) is 1. The van der Waals surface area contributed by atoms with Crippen LogP contribution in [0.1, 0.15) is 33.4 Å². The molecule has 3 aromatic rings. The zero-order valence-electron chi connectivity index (χ0n) is 16.4. The molecule has 0 atom stereocenters. The Morgan fingerprint density at radius 3 is 2.57 bits per heavy atom. The van der Waals surface area contributed by atoms with Crippen molar-refractivity contribution < 1.29 is 9.59 Å². The molecule has 1 aromatic carbocycles. The largest absolute Gasteiger partial charge is 0.316 e. The van der Waals surface area contributed by atoms with E-state index in [1.54, 1.807) is 19.1 Å². The molecule has 3 rings (SSSR count). The van der Waals surface area contributed by atoms with E-state index in [2.05, 4.69) is 21.4 Å². The van der Waals surface area contributed by atoms with Gasteiger partial charge in [0, 0.05) is 16.3 Å². The number of aryl methyl sites for hydroxylation is 1. The summed E-state index contributed by atoms with van der Waals surface area (Å²) in [5, 5.41) is 13.6. The second-order valence-corrected chi connectivity index (χ2v) is 8.85. The summed E-state index contributed by atoms with van der Waals surface area (Å²) in [7, 11) is 0. The number of Topliss-reactive ketones (excluding diaryl/α,β-unsaturated/α-hetero) is 1. The van der Waals surface area contributed by atoms with Gasteiger partial charge >= 0.3 is 0 Å². The summed E-state index contributed by atoms with van der Waals surface area (Å²) in [6.45, 7) is 5.01. The summed E-state index contributed by atoms with van der Waals surface area (Å²) >= 11 is 8.26. The quantitative estimate of drug-likeness (QED) is 0.308. The third kappa shape index (κ3) is 5.05. The fourth-order valence-corrected chi connectivity index (χ4v) is 4.64. The lowest BCUT2D eigenvalue weighted by Crippen LogP contribution is -2.14. The second-order valence-electron chi connectivity index (χ2n) is 6.45. The van der Waals surface area contributed by atoms with Crippen LogP contribution >= 0.6 is 34.7 Å². The lowest BCUT2D eigenvalue weighted by atomic mass is 10.1. The maximum Gasteiger partial charge on any atom is 0.235 e. The Morgan fingerprint density at radius 2 is 1.93 bits per heavy atom. The molecular weight excluding hydrogens is 440 g/mol. The number of benzene rings is 1. The molecule has 0 saturated carbocycles. The van der Waals surface area contributed by atoms with Crippen LogP contribution < -0.4 is 5.32 Å². The first kappa shape index (κ1) is 22.0. The number of anilines is 1. The number of amides is 1. The van der Waals surface area contributed by atoms with Crippen molar-refractivity contribution in [3.05, 3.63) is 57.1 Å². The maximum atomic E-state index is 12.4. The molecule has 0 spiro atoms. The fraction of sp³-hybridized carbons (Fsp3) is 0.190. The number of nitrogens with one attached hydrogen (secondary N) is 1. The minimum atomic E-state index is -0.300. The number of nitriles is 1. The highest BCUT2D eigenvalue weighted by Crippen LogP contribution is 2.33. The summed E-state index contributed by atoms with van der Waals surface area (Å²) in [4.78, 5) is 33.5. The van der Waals surface area contributed by atoms with E-state index in [9.17, 15) is 14.9 Å². The van der Waals surface area contributed by atoms with Gasteiger partial charge < -0.3 is 5.32 Å². The van der Waals surface area contributed by atoms with Gasteiger partial charge in [-0.2, -0.15) is 5.26 Å². The molecule has 6 nitrogen and oxygen atoms in total. The molecule has 0 unspecified atom stereocenters. The maximum absolute atomic E-state index is 12.4. The molecule has 1 N–H and O–H groups in total. The van der Waals surface area contributed by atoms with Crippen LogP contribution in [0.25, 0.3) is 11.3 Å². The zero-order chi connectivity index (χ0) is 21.8. The number of carbonyl (C=O) groups is 2. The molecule has 1 amide bonds. The van der Waals surface area contributed by atoms with Crippen LogP contribution in [-0.4, -0.2) is 27.4 Å². The van der Waals surface area contributed by atoms with E-state index < -0.39 is 0 Å². The molecule has 2 aromatic heterocycles. The van der Waals surface area contributed by atoms with Crippen molar-refractivity contribution in [3.63, 3.8) is 0 Å². The van der Waals surface area contributed by atoms with E-state index in [1.165, 1.54) is 18.7 Å². The number of ketones is 1. The van der Waals surface area contributed by atoms with E-state index in [0.717, 1.165) is 28.3 Å². The lowest BCUT2D eigenvalue weighted by molar-refractivity contribution is -0.113. The highest BCUT2D eigenvalue weighted by atomic mass is 35.5. The standard InChI is InChI=1S/C21H17ClN4O2S2/c1-11-8-17(14-4-6-15(22)7-5-14)25-21(24-11)29-10-18(28)26-20-16(9-23)12(2)19(30-20)13(3)27/h4-8H,10H2,1-3H3,(H,26,28). The summed E-state index contributed by atoms with van der Waals surface area (Å²) in [5.74, 6) is -0.362. The Bertz CT molecular complexity index is 1170. The molecule has 30 heavy (non-hydrogen) atoms. The highest BCUT2D eigenvalue weighted by molar-refractivity contribution is 7.99. The van der Waals surface area contributed by atoms with Crippen molar-refractivity contribution in [2.75, 3.05) is 11.1 Å². The van der Waals surface area contributed by atoms with E-state index in [1.807, 2.05) is 25.1 Å². The van der Waals surface area contributed by atoms with Gasteiger partial charge in [-0.1, -0.05) is 35.5 Å². The lowest BCUT2D eigenvalue weighted by Gasteiger charge is -2.07. The second kappa shape index (κ2) is 9.39. The van der Waals surface area contributed by atoms with Crippen molar-refractivity contribution in [1.82, 2.24) is 9.97 Å². The molecule has 0 aliphatic carbocycles. The summed E-state index contributed by atoms with van der Waals surface area (Å²) in [5.41, 5.74) is 3.34. The summed E-state index contributed by atoms with van der Waals surface area (Å²) in [6, 6.07) is 11.3. The van der Waals surface area contributed by atoms with Crippen LogP contribution in [0, 0.1) is 25.2 Å². The summed E-state index contributed by atoms with van der Waals surface area (Å²) < 4.78 is 0. The van der Waals surface area contributed by atoms with Crippen LogP contribution in [0.2, 0.25) is 5.02 Å². The fourth-order valence-electron chi connectivity index (χ4n) is 2.74. The van der Waals surface area contributed by atoms with Crippen molar-refractivity contribution in [2.45, 2.75) is 25.9 Å². The van der Waals surface area contributed by atoms with Crippen LogP contribution in [0.3, 0.4) is 0 Å². The topological polar surface area (TPSA) is 95.7 Å². The normalized spacial score (nSPS) is 10.5. The minimum Gasteiger partial charge on any atom is -0.316 e. The van der Waals surface area contributed by atoms with E-state index in [-0.39, 0.29) is 17.4 Å². The minimum absolute atomic E-state index is 0.0702. The Kier molecular flexibility index (Phi) is 6.87. The highest BCUT2D eigenvalue weighted by Gasteiger charge is 2.19. The van der Waals surface area contributed by atoms with Crippen LogP contribution in [0.5, 0.6) is 0 Å². The molecule has 152 valence electrons. The number of hydrogen-bond acceptors (Lipinski definition) is 7. The first-order valence-electron chi connectivity index (χ1n) is 8.87. The number of carbonyl (C=O) groups excluding carboxylic acids is 2. The Balaban J connectivity index is 1.73. The SMILES string of the molecule is CC(=O)c1sc(NC(=O)CSc2nc(C)cc(-c3ccc(Cl)cc3)n2)c(C#N)c1C. The molecular formula is C21H17ClN4O2S2. The van der Waals surface area contributed by atoms with Crippen LogP contribution in [0.15, 0.2) is 35.5 Å². The molecule has 2 heterocycles. The average Bonchev–Trinajstić information content (AvgIpc) is 3.01. The predicted molar refractivity (Wildman–Crippen MR) is 120 cm³/mol. The van der Waals surface area contributed by atoms with Gasteiger partial charge in [-0.25, -0.2) is 9.97 Å². The van der Waals surface area contributed by atoms with E-state index in [4.69, 9.17) is 11.6 Å². The number of halogens is 1. The number of thioether (sulfide) groups is 1. The monoisotopic (exact) mass is 456 g/mol. The predicted octanol–water partition coefficient (Wildman–Crippen LogP) is 5.28. The van der Waals surface area contributed by atoms with Crippen LogP contribution in [0.4, 0.5) is 5.00 Å².